The SMILES string of the molecule is CCOC(=O)c1cnc2ccc(OCC)cc2c1NCc1ccccn1. The molecule has 3 rings (SSSR count). The number of benzene rings is 1. The second kappa shape index (κ2) is 8.29. The molecule has 0 bridgehead atoms. The van der Waals surface area contributed by atoms with Crippen molar-refractivity contribution in [1.29, 1.82) is 0 Å². The van der Waals surface area contributed by atoms with E-state index in [-0.39, 0.29) is 0 Å². The molecule has 6 heteroatoms. The number of esters is 1. The average Bonchev–Trinajstić information content (AvgIpc) is 2.67. The molecule has 0 aliphatic heterocycles. The first-order valence-corrected chi connectivity index (χ1v) is 8.59. The highest BCUT2D eigenvalue weighted by molar-refractivity contribution is 6.05. The molecule has 0 fully saturated rings. The Morgan fingerprint density at radius 3 is 2.73 bits per heavy atom. The predicted molar refractivity (Wildman–Crippen MR) is 100 cm³/mol. The second-order valence-electron chi connectivity index (χ2n) is 5.55. The average molecular weight is 351 g/mol. The fourth-order valence-corrected chi connectivity index (χ4v) is 2.66. The van der Waals surface area contributed by atoms with Crippen LogP contribution in [0.1, 0.15) is 29.9 Å². The summed E-state index contributed by atoms with van der Waals surface area (Å²) in [6.07, 6.45) is 3.28. The zero-order valence-corrected chi connectivity index (χ0v) is 14.9. The Bertz CT molecular complexity index is 897. The third-order valence-electron chi connectivity index (χ3n) is 3.82. The third-order valence-corrected chi connectivity index (χ3v) is 3.82. The molecule has 0 spiro atoms. The fourth-order valence-electron chi connectivity index (χ4n) is 2.66. The molecule has 6 nitrogen and oxygen atoms in total. The highest BCUT2D eigenvalue weighted by atomic mass is 16.5. The lowest BCUT2D eigenvalue weighted by Gasteiger charge is -2.15. The molecule has 134 valence electrons. The Morgan fingerprint density at radius 1 is 1.12 bits per heavy atom. The number of carbonyl (C=O) groups excluding carboxylic acids is 1. The van der Waals surface area contributed by atoms with Gasteiger partial charge in [0, 0.05) is 17.8 Å². The first kappa shape index (κ1) is 17.7. The van der Waals surface area contributed by atoms with E-state index < -0.39 is 5.97 Å². The van der Waals surface area contributed by atoms with Crippen LogP contribution in [0, 0.1) is 0 Å². The minimum atomic E-state index is -0.410. The highest BCUT2D eigenvalue weighted by Crippen LogP contribution is 2.30. The maximum atomic E-state index is 12.4. The van der Waals surface area contributed by atoms with Crippen molar-refractivity contribution < 1.29 is 14.3 Å². The lowest BCUT2D eigenvalue weighted by molar-refractivity contribution is 0.0527. The summed E-state index contributed by atoms with van der Waals surface area (Å²) in [4.78, 5) is 21.1. The lowest BCUT2D eigenvalue weighted by Crippen LogP contribution is -2.11. The molecular formula is C20H21N3O3. The molecule has 0 unspecified atom stereocenters. The van der Waals surface area contributed by atoms with E-state index in [9.17, 15) is 4.79 Å². The number of nitrogens with zero attached hydrogens (tertiary/aromatic N) is 2. The van der Waals surface area contributed by atoms with Gasteiger partial charge in [-0.1, -0.05) is 6.07 Å². The second-order valence-corrected chi connectivity index (χ2v) is 5.55. The summed E-state index contributed by atoms with van der Waals surface area (Å²) in [7, 11) is 0. The van der Waals surface area contributed by atoms with Crippen LogP contribution in [0.3, 0.4) is 0 Å². The van der Waals surface area contributed by atoms with Crippen LogP contribution in [0.4, 0.5) is 5.69 Å². The summed E-state index contributed by atoms with van der Waals surface area (Å²) in [5, 5.41) is 4.13. The summed E-state index contributed by atoms with van der Waals surface area (Å²) in [6.45, 7) is 5.05. The van der Waals surface area contributed by atoms with Crippen LogP contribution in [0.25, 0.3) is 10.9 Å². The van der Waals surface area contributed by atoms with Crippen molar-refractivity contribution in [1.82, 2.24) is 9.97 Å². The molecule has 1 N–H and O–H groups in total. The van der Waals surface area contributed by atoms with E-state index in [0.29, 0.717) is 31.0 Å². The van der Waals surface area contributed by atoms with Crippen molar-refractivity contribution in [2.75, 3.05) is 18.5 Å². The number of fused-ring (bicyclic) bond motifs is 1. The fraction of sp³-hybridized carbons (Fsp3) is 0.250. The molecule has 0 aliphatic carbocycles. The van der Waals surface area contributed by atoms with E-state index in [1.807, 2.05) is 43.3 Å². The molecule has 0 amide bonds. The van der Waals surface area contributed by atoms with Gasteiger partial charge in [0.15, 0.2) is 0 Å². The van der Waals surface area contributed by atoms with E-state index >= 15 is 0 Å². The van der Waals surface area contributed by atoms with Crippen molar-refractivity contribution in [3.8, 4) is 5.75 Å². The number of rotatable bonds is 7. The van der Waals surface area contributed by atoms with Gasteiger partial charge >= 0.3 is 5.97 Å². The first-order valence-electron chi connectivity index (χ1n) is 8.59. The molecular weight excluding hydrogens is 330 g/mol. The van der Waals surface area contributed by atoms with E-state index in [4.69, 9.17) is 9.47 Å². The quantitative estimate of drug-likeness (QED) is 0.653. The number of pyridine rings is 2. The summed E-state index contributed by atoms with van der Waals surface area (Å²) >= 11 is 0. The highest BCUT2D eigenvalue weighted by Gasteiger charge is 2.17. The van der Waals surface area contributed by atoms with E-state index in [0.717, 1.165) is 22.3 Å². The molecule has 2 heterocycles. The van der Waals surface area contributed by atoms with Crippen LogP contribution in [-0.2, 0) is 11.3 Å². The Hall–Kier alpha value is -3.15. The van der Waals surface area contributed by atoms with Crippen molar-refractivity contribution >= 4 is 22.6 Å². The van der Waals surface area contributed by atoms with Gasteiger partial charge in [-0.3, -0.25) is 9.97 Å². The van der Waals surface area contributed by atoms with Crippen LogP contribution < -0.4 is 10.1 Å². The Kier molecular flexibility index (Phi) is 5.63. The van der Waals surface area contributed by atoms with Crippen molar-refractivity contribution in [3.63, 3.8) is 0 Å². The van der Waals surface area contributed by atoms with Crippen molar-refractivity contribution in [2.45, 2.75) is 20.4 Å². The summed E-state index contributed by atoms with van der Waals surface area (Å²) in [6, 6.07) is 11.3. The minimum absolute atomic E-state index is 0.301. The number of aromatic nitrogens is 2. The van der Waals surface area contributed by atoms with Crippen LogP contribution in [0.2, 0.25) is 0 Å². The van der Waals surface area contributed by atoms with Crippen LogP contribution in [0.5, 0.6) is 5.75 Å². The van der Waals surface area contributed by atoms with Gasteiger partial charge in [-0.05, 0) is 44.2 Å². The molecule has 2 aromatic heterocycles. The summed E-state index contributed by atoms with van der Waals surface area (Å²) in [5.41, 5.74) is 2.70. The van der Waals surface area contributed by atoms with Crippen molar-refractivity contribution in [3.05, 3.63) is 60.0 Å². The predicted octanol–water partition coefficient (Wildman–Crippen LogP) is 3.82. The summed E-state index contributed by atoms with van der Waals surface area (Å²) < 4.78 is 10.8. The monoisotopic (exact) mass is 351 g/mol. The molecule has 0 saturated carbocycles. The molecule has 1 aromatic carbocycles. The van der Waals surface area contributed by atoms with Crippen LogP contribution in [0.15, 0.2) is 48.8 Å². The lowest BCUT2D eigenvalue weighted by atomic mass is 10.1. The number of anilines is 1. The van der Waals surface area contributed by atoms with Gasteiger partial charge in [-0.25, -0.2) is 4.79 Å². The normalized spacial score (nSPS) is 10.5. The van der Waals surface area contributed by atoms with Gasteiger partial charge in [0.25, 0.3) is 0 Å². The number of hydrogen-bond donors (Lipinski definition) is 1. The number of carbonyl (C=O) groups is 1. The van der Waals surface area contributed by atoms with E-state index in [1.165, 1.54) is 0 Å². The topological polar surface area (TPSA) is 73.3 Å². The number of hydrogen-bond acceptors (Lipinski definition) is 6. The first-order chi connectivity index (χ1) is 12.7. The maximum absolute atomic E-state index is 12.4. The molecule has 0 aliphatic rings. The smallest absolute Gasteiger partial charge is 0.341 e. The largest absolute Gasteiger partial charge is 0.494 e. The molecule has 0 radical (unpaired) electrons. The van der Waals surface area contributed by atoms with Gasteiger partial charge in [0.05, 0.1) is 36.7 Å². The van der Waals surface area contributed by atoms with Crippen molar-refractivity contribution in [2.24, 2.45) is 0 Å². The van der Waals surface area contributed by atoms with Gasteiger partial charge in [0.1, 0.15) is 11.3 Å². The Labute approximate surface area is 152 Å². The zero-order chi connectivity index (χ0) is 18.4. The van der Waals surface area contributed by atoms with Gasteiger partial charge in [0.2, 0.25) is 0 Å². The number of ether oxygens (including phenoxy) is 2. The van der Waals surface area contributed by atoms with Gasteiger partial charge in [-0.2, -0.15) is 0 Å². The number of nitrogens with one attached hydrogen (secondary N) is 1. The Morgan fingerprint density at radius 2 is 2.00 bits per heavy atom. The third kappa shape index (κ3) is 3.91. The van der Waals surface area contributed by atoms with Gasteiger partial charge < -0.3 is 14.8 Å². The van der Waals surface area contributed by atoms with E-state index in [2.05, 4.69) is 15.3 Å². The summed E-state index contributed by atoms with van der Waals surface area (Å²) in [5.74, 6) is 0.316. The zero-order valence-electron chi connectivity index (χ0n) is 14.9. The van der Waals surface area contributed by atoms with Crippen LogP contribution >= 0.6 is 0 Å². The minimum Gasteiger partial charge on any atom is -0.494 e. The van der Waals surface area contributed by atoms with Gasteiger partial charge in [-0.15, -0.1) is 0 Å². The standard InChI is InChI=1S/C20H21N3O3/c1-3-25-15-8-9-18-16(11-15)19(17(13-22-18)20(24)26-4-2)23-12-14-7-5-6-10-21-14/h5-11,13H,3-4,12H2,1-2H3,(H,22,23). The van der Waals surface area contributed by atoms with E-state index in [1.54, 1.807) is 19.3 Å². The maximum Gasteiger partial charge on any atom is 0.341 e. The molecule has 0 saturated heterocycles. The van der Waals surface area contributed by atoms with Crippen LogP contribution in [-0.4, -0.2) is 29.2 Å². The molecule has 3 aromatic rings. The molecule has 26 heavy (non-hydrogen) atoms. The molecule has 0 atom stereocenters. The Balaban J connectivity index is 2.04.